The number of hydrogen-bond donors (Lipinski definition) is 0. The molecule has 3 rings (SSSR count). The highest BCUT2D eigenvalue weighted by atomic mass is 16.5. The predicted molar refractivity (Wildman–Crippen MR) is 51.2 cm³/mol. The van der Waals surface area contributed by atoms with Gasteiger partial charge in [0.05, 0.1) is 6.61 Å². The lowest BCUT2D eigenvalue weighted by Crippen LogP contribution is -2.01. The molecule has 0 bridgehead atoms. The van der Waals surface area contributed by atoms with E-state index in [1.165, 1.54) is 5.56 Å². The molecule has 4 heteroatoms. The van der Waals surface area contributed by atoms with E-state index in [4.69, 9.17) is 4.74 Å². The van der Waals surface area contributed by atoms with Gasteiger partial charge in [0.1, 0.15) is 6.33 Å². The molecule has 2 aromatic heterocycles. The molecular formula is C10H11N3O. The normalized spacial score (nSPS) is 21.9. The molecule has 1 aliphatic heterocycles. The molecule has 3 heterocycles. The minimum absolute atomic E-state index is 0.489. The summed E-state index contributed by atoms with van der Waals surface area (Å²) in [6.07, 6.45) is 4.60. The van der Waals surface area contributed by atoms with E-state index >= 15 is 0 Å². The molecule has 1 atom stereocenters. The number of hydrogen-bond acceptors (Lipinski definition) is 3. The first-order chi connectivity index (χ1) is 6.95. The molecule has 0 amide bonds. The fourth-order valence-electron chi connectivity index (χ4n) is 1.97. The van der Waals surface area contributed by atoms with Crippen LogP contribution in [0.2, 0.25) is 0 Å². The molecule has 1 aliphatic rings. The summed E-state index contributed by atoms with van der Waals surface area (Å²) in [6.45, 7) is 1.67. The molecule has 0 N–H and O–H groups in total. The molecule has 0 radical (unpaired) electrons. The van der Waals surface area contributed by atoms with E-state index < -0.39 is 0 Å². The molecule has 1 saturated heterocycles. The van der Waals surface area contributed by atoms with Crippen molar-refractivity contribution in [2.75, 3.05) is 13.2 Å². The Morgan fingerprint density at radius 1 is 1.50 bits per heavy atom. The zero-order valence-electron chi connectivity index (χ0n) is 7.76. The maximum Gasteiger partial charge on any atom is 0.158 e. The standard InChI is InChI=1S/C10H11N3O/c1-2-9(8-3-5-14-6-8)10-11-7-12-13(10)4-1/h1-2,4,7-8H,3,5-6H2. The minimum Gasteiger partial charge on any atom is -0.381 e. The highest BCUT2D eigenvalue weighted by Gasteiger charge is 2.20. The highest BCUT2D eigenvalue weighted by molar-refractivity contribution is 5.48. The van der Waals surface area contributed by atoms with Gasteiger partial charge < -0.3 is 4.74 Å². The Hall–Kier alpha value is -1.42. The summed E-state index contributed by atoms with van der Waals surface area (Å²) in [5.74, 6) is 0.489. The average molecular weight is 189 g/mol. The highest BCUT2D eigenvalue weighted by Crippen LogP contribution is 2.27. The monoisotopic (exact) mass is 189 g/mol. The maximum atomic E-state index is 5.38. The van der Waals surface area contributed by atoms with Crippen molar-refractivity contribution in [1.29, 1.82) is 0 Å². The summed E-state index contributed by atoms with van der Waals surface area (Å²) in [5, 5.41) is 4.12. The van der Waals surface area contributed by atoms with Gasteiger partial charge in [-0.3, -0.25) is 0 Å². The number of rotatable bonds is 1. The number of ether oxygens (including phenoxy) is 1. The van der Waals surface area contributed by atoms with Crippen LogP contribution in [0.4, 0.5) is 0 Å². The van der Waals surface area contributed by atoms with Crippen LogP contribution in [-0.2, 0) is 4.74 Å². The van der Waals surface area contributed by atoms with E-state index in [9.17, 15) is 0 Å². The quantitative estimate of drug-likeness (QED) is 0.677. The van der Waals surface area contributed by atoms with Gasteiger partial charge in [0.25, 0.3) is 0 Å². The van der Waals surface area contributed by atoms with Crippen LogP contribution in [-0.4, -0.2) is 27.8 Å². The second kappa shape index (κ2) is 3.06. The van der Waals surface area contributed by atoms with Crippen LogP contribution in [0.1, 0.15) is 17.9 Å². The minimum atomic E-state index is 0.489. The molecule has 4 nitrogen and oxygen atoms in total. The van der Waals surface area contributed by atoms with Crippen molar-refractivity contribution < 1.29 is 4.74 Å². The van der Waals surface area contributed by atoms with Crippen LogP contribution in [0.3, 0.4) is 0 Å². The molecule has 0 saturated carbocycles. The summed E-state index contributed by atoms with van der Waals surface area (Å²) >= 11 is 0. The van der Waals surface area contributed by atoms with Gasteiger partial charge in [0, 0.05) is 24.3 Å². The van der Waals surface area contributed by atoms with Gasteiger partial charge in [-0.25, -0.2) is 9.50 Å². The molecule has 0 spiro atoms. The van der Waals surface area contributed by atoms with E-state index in [0.717, 1.165) is 25.3 Å². The summed E-state index contributed by atoms with van der Waals surface area (Å²) in [7, 11) is 0. The van der Waals surface area contributed by atoms with Crippen molar-refractivity contribution in [3.63, 3.8) is 0 Å². The molecule has 0 aromatic carbocycles. The summed E-state index contributed by atoms with van der Waals surface area (Å²) < 4.78 is 7.19. The zero-order chi connectivity index (χ0) is 9.38. The van der Waals surface area contributed by atoms with Crippen molar-refractivity contribution in [2.45, 2.75) is 12.3 Å². The topological polar surface area (TPSA) is 39.4 Å². The lowest BCUT2D eigenvalue weighted by molar-refractivity contribution is 0.194. The third-order valence-corrected chi connectivity index (χ3v) is 2.70. The van der Waals surface area contributed by atoms with Crippen LogP contribution in [0, 0.1) is 0 Å². The molecule has 14 heavy (non-hydrogen) atoms. The Morgan fingerprint density at radius 2 is 2.50 bits per heavy atom. The van der Waals surface area contributed by atoms with Crippen molar-refractivity contribution in [3.8, 4) is 0 Å². The summed E-state index contributed by atoms with van der Waals surface area (Å²) in [4.78, 5) is 4.26. The molecule has 1 fully saturated rings. The number of aromatic nitrogens is 3. The van der Waals surface area contributed by atoms with Crippen LogP contribution in [0.15, 0.2) is 24.7 Å². The van der Waals surface area contributed by atoms with E-state index in [1.54, 1.807) is 6.33 Å². The van der Waals surface area contributed by atoms with E-state index in [-0.39, 0.29) is 0 Å². The van der Waals surface area contributed by atoms with Crippen molar-refractivity contribution in [2.24, 2.45) is 0 Å². The molecular weight excluding hydrogens is 178 g/mol. The Morgan fingerprint density at radius 3 is 3.36 bits per heavy atom. The smallest absolute Gasteiger partial charge is 0.158 e. The SMILES string of the molecule is c1cc(C2CCOC2)c2ncnn2c1. The van der Waals surface area contributed by atoms with Crippen molar-refractivity contribution in [1.82, 2.24) is 14.6 Å². The lowest BCUT2D eigenvalue weighted by Gasteiger charge is -2.07. The fraction of sp³-hybridized carbons (Fsp3) is 0.400. The zero-order valence-corrected chi connectivity index (χ0v) is 7.76. The molecule has 0 aliphatic carbocycles. The van der Waals surface area contributed by atoms with Crippen LogP contribution in [0.5, 0.6) is 0 Å². The third-order valence-electron chi connectivity index (χ3n) is 2.70. The first-order valence-electron chi connectivity index (χ1n) is 4.81. The Kier molecular flexibility index (Phi) is 1.73. The fourth-order valence-corrected chi connectivity index (χ4v) is 1.97. The second-order valence-corrected chi connectivity index (χ2v) is 3.55. The Balaban J connectivity index is 2.14. The first kappa shape index (κ1) is 7.94. The molecule has 72 valence electrons. The van der Waals surface area contributed by atoms with E-state index in [0.29, 0.717) is 5.92 Å². The first-order valence-corrected chi connectivity index (χ1v) is 4.81. The van der Waals surface area contributed by atoms with Crippen LogP contribution < -0.4 is 0 Å². The summed E-state index contributed by atoms with van der Waals surface area (Å²) in [6, 6.07) is 4.12. The maximum absolute atomic E-state index is 5.38. The van der Waals surface area contributed by atoms with Gasteiger partial charge >= 0.3 is 0 Å². The van der Waals surface area contributed by atoms with Gasteiger partial charge in [-0.05, 0) is 12.5 Å². The Bertz CT molecular complexity index is 445. The van der Waals surface area contributed by atoms with Gasteiger partial charge in [-0.2, -0.15) is 5.10 Å². The Labute approximate surface area is 81.5 Å². The lowest BCUT2D eigenvalue weighted by atomic mass is 10.00. The second-order valence-electron chi connectivity index (χ2n) is 3.55. The molecule has 2 aromatic rings. The molecule has 1 unspecified atom stereocenters. The van der Waals surface area contributed by atoms with Gasteiger partial charge in [-0.15, -0.1) is 0 Å². The summed E-state index contributed by atoms with van der Waals surface area (Å²) in [5.41, 5.74) is 2.21. The van der Waals surface area contributed by atoms with Gasteiger partial charge in [-0.1, -0.05) is 6.07 Å². The van der Waals surface area contributed by atoms with Crippen LogP contribution >= 0.6 is 0 Å². The van der Waals surface area contributed by atoms with Gasteiger partial charge in [0.15, 0.2) is 5.65 Å². The number of nitrogens with zero attached hydrogens (tertiary/aromatic N) is 3. The third kappa shape index (κ3) is 1.11. The number of fused-ring (bicyclic) bond motifs is 1. The van der Waals surface area contributed by atoms with Crippen molar-refractivity contribution in [3.05, 3.63) is 30.2 Å². The largest absolute Gasteiger partial charge is 0.381 e. The van der Waals surface area contributed by atoms with E-state index in [1.807, 2.05) is 16.8 Å². The van der Waals surface area contributed by atoms with Crippen LogP contribution in [0.25, 0.3) is 5.65 Å². The number of pyridine rings is 1. The van der Waals surface area contributed by atoms with Gasteiger partial charge in [0.2, 0.25) is 0 Å². The predicted octanol–water partition coefficient (Wildman–Crippen LogP) is 1.23. The van der Waals surface area contributed by atoms with Crippen molar-refractivity contribution >= 4 is 5.65 Å². The average Bonchev–Trinajstić information content (AvgIpc) is 2.88. The van der Waals surface area contributed by atoms with E-state index in [2.05, 4.69) is 16.1 Å².